The lowest BCUT2D eigenvalue weighted by Crippen LogP contribution is -2.33. The number of aliphatic carboxylic acids is 1. The van der Waals surface area contributed by atoms with Gasteiger partial charge in [0.2, 0.25) is 0 Å². The minimum Gasteiger partial charge on any atom is -0.481 e. The molecule has 1 amide bonds. The smallest absolute Gasteiger partial charge is 0.306 e. The maximum atomic E-state index is 12.3. The minimum absolute atomic E-state index is 0.0352. The highest BCUT2D eigenvalue weighted by molar-refractivity contribution is 9.10. The summed E-state index contributed by atoms with van der Waals surface area (Å²) in [6.07, 6.45) is 1.89. The summed E-state index contributed by atoms with van der Waals surface area (Å²) in [7, 11) is 0. The van der Waals surface area contributed by atoms with Crippen molar-refractivity contribution in [1.82, 2.24) is 5.32 Å². The predicted octanol–water partition coefficient (Wildman–Crippen LogP) is 3.05. The number of hydrogen-bond donors (Lipinski definition) is 2. The van der Waals surface area contributed by atoms with Gasteiger partial charge in [-0.05, 0) is 56.4 Å². The van der Waals surface area contributed by atoms with Crippen molar-refractivity contribution in [1.29, 1.82) is 0 Å². The zero-order chi connectivity index (χ0) is 14.9. The third-order valence-corrected chi connectivity index (χ3v) is 4.72. The molecule has 4 nitrogen and oxygen atoms in total. The molecular weight excluding hydrogens is 322 g/mol. The van der Waals surface area contributed by atoms with E-state index in [1.165, 1.54) is 0 Å². The molecule has 2 rings (SSSR count). The molecule has 0 spiro atoms. The second-order valence-corrected chi connectivity index (χ2v) is 6.29. The average Bonchev–Trinajstić information content (AvgIpc) is 2.82. The first-order chi connectivity index (χ1) is 9.38. The van der Waals surface area contributed by atoms with E-state index in [9.17, 15) is 9.59 Å². The number of nitrogens with one attached hydrogen (secondary N) is 1. The highest BCUT2D eigenvalue weighted by atomic mass is 79.9. The molecule has 1 aromatic carbocycles. The Labute approximate surface area is 126 Å². The Morgan fingerprint density at radius 2 is 1.95 bits per heavy atom. The third kappa shape index (κ3) is 3.20. The standard InChI is InChI=1S/C15H18BrNO3/c1-8-6-13(16)9(2)5-12(8)14(18)17-11-4-3-10(7-11)15(19)20/h5-6,10-11H,3-4,7H2,1-2H3,(H,17,18)(H,19,20)/t10-,11+/m0/s1. The van der Waals surface area contributed by atoms with E-state index in [0.29, 0.717) is 18.4 Å². The van der Waals surface area contributed by atoms with Crippen molar-refractivity contribution >= 4 is 27.8 Å². The van der Waals surface area contributed by atoms with E-state index < -0.39 is 5.97 Å². The maximum Gasteiger partial charge on any atom is 0.306 e. The fourth-order valence-electron chi connectivity index (χ4n) is 2.63. The van der Waals surface area contributed by atoms with Gasteiger partial charge in [0, 0.05) is 16.1 Å². The molecule has 0 radical (unpaired) electrons. The first-order valence-corrected chi connectivity index (χ1v) is 7.48. The molecule has 0 aromatic heterocycles. The second kappa shape index (κ2) is 5.95. The van der Waals surface area contributed by atoms with Gasteiger partial charge in [-0.25, -0.2) is 0 Å². The van der Waals surface area contributed by atoms with E-state index in [4.69, 9.17) is 5.11 Å². The summed E-state index contributed by atoms with van der Waals surface area (Å²) >= 11 is 3.44. The van der Waals surface area contributed by atoms with Crippen LogP contribution in [-0.4, -0.2) is 23.0 Å². The molecule has 0 bridgehead atoms. The quantitative estimate of drug-likeness (QED) is 0.889. The fourth-order valence-corrected chi connectivity index (χ4v) is 3.08. The highest BCUT2D eigenvalue weighted by Crippen LogP contribution is 2.26. The number of halogens is 1. The second-order valence-electron chi connectivity index (χ2n) is 5.43. The summed E-state index contributed by atoms with van der Waals surface area (Å²) in [5.41, 5.74) is 2.58. The molecule has 0 heterocycles. The molecule has 2 N–H and O–H groups in total. The van der Waals surface area contributed by atoms with Crippen LogP contribution in [0.1, 0.15) is 40.7 Å². The third-order valence-electron chi connectivity index (χ3n) is 3.87. The molecule has 1 aromatic rings. The first kappa shape index (κ1) is 15.0. The Hall–Kier alpha value is -1.36. The van der Waals surface area contributed by atoms with Gasteiger partial charge in [-0.15, -0.1) is 0 Å². The van der Waals surface area contributed by atoms with Crippen LogP contribution in [0.15, 0.2) is 16.6 Å². The summed E-state index contributed by atoms with van der Waals surface area (Å²) in [4.78, 5) is 23.2. The molecule has 108 valence electrons. The number of hydrogen-bond acceptors (Lipinski definition) is 2. The van der Waals surface area contributed by atoms with Gasteiger partial charge in [0.15, 0.2) is 0 Å². The summed E-state index contributed by atoms with van der Waals surface area (Å²) in [5, 5.41) is 11.9. The average molecular weight is 340 g/mol. The SMILES string of the molecule is Cc1cc(C(=O)N[C@@H]2CC[C@H](C(=O)O)C2)c(C)cc1Br. The highest BCUT2D eigenvalue weighted by Gasteiger charge is 2.30. The van der Waals surface area contributed by atoms with Crippen LogP contribution < -0.4 is 5.32 Å². The van der Waals surface area contributed by atoms with E-state index in [1.54, 1.807) is 0 Å². The molecule has 0 unspecified atom stereocenters. The largest absolute Gasteiger partial charge is 0.481 e. The lowest BCUT2D eigenvalue weighted by atomic mass is 10.0. The van der Waals surface area contributed by atoms with E-state index >= 15 is 0 Å². The van der Waals surface area contributed by atoms with Crippen molar-refractivity contribution in [2.45, 2.75) is 39.2 Å². The number of carbonyl (C=O) groups is 2. The van der Waals surface area contributed by atoms with E-state index in [2.05, 4.69) is 21.2 Å². The lowest BCUT2D eigenvalue weighted by molar-refractivity contribution is -0.141. The maximum absolute atomic E-state index is 12.3. The summed E-state index contributed by atoms with van der Waals surface area (Å²) in [6.45, 7) is 3.84. The molecule has 2 atom stereocenters. The Balaban J connectivity index is 2.06. The van der Waals surface area contributed by atoms with Crippen molar-refractivity contribution in [3.05, 3.63) is 33.3 Å². The Morgan fingerprint density at radius 3 is 2.55 bits per heavy atom. The molecule has 5 heteroatoms. The van der Waals surface area contributed by atoms with Gasteiger partial charge >= 0.3 is 5.97 Å². The van der Waals surface area contributed by atoms with Gasteiger partial charge in [-0.2, -0.15) is 0 Å². The zero-order valence-corrected chi connectivity index (χ0v) is 13.2. The van der Waals surface area contributed by atoms with Crippen molar-refractivity contribution in [2.24, 2.45) is 5.92 Å². The number of rotatable bonds is 3. The Bertz CT molecular complexity index is 556. The van der Waals surface area contributed by atoms with Crippen LogP contribution in [-0.2, 0) is 4.79 Å². The minimum atomic E-state index is -0.766. The van der Waals surface area contributed by atoms with Crippen LogP contribution in [0.5, 0.6) is 0 Å². The van der Waals surface area contributed by atoms with Crippen molar-refractivity contribution < 1.29 is 14.7 Å². The van der Waals surface area contributed by atoms with Crippen LogP contribution in [0, 0.1) is 19.8 Å². The number of carboxylic acids is 1. The van der Waals surface area contributed by atoms with Crippen molar-refractivity contribution in [3.8, 4) is 0 Å². The van der Waals surface area contributed by atoms with E-state index in [-0.39, 0.29) is 17.9 Å². The Kier molecular flexibility index (Phi) is 4.48. The van der Waals surface area contributed by atoms with Crippen molar-refractivity contribution in [3.63, 3.8) is 0 Å². The monoisotopic (exact) mass is 339 g/mol. The van der Waals surface area contributed by atoms with Crippen LogP contribution in [0.25, 0.3) is 0 Å². The molecule has 1 aliphatic rings. The number of benzene rings is 1. The van der Waals surface area contributed by atoms with Crippen molar-refractivity contribution in [2.75, 3.05) is 0 Å². The van der Waals surface area contributed by atoms with E-state index in [0.717, 1.165) is 22.0 Å². The Morgan fingerprint density at radius 1 is 1.25 bits per heavy atom. The van der Waals surface area contributed by atoms with Gasteiger partial charge in [0.1, 0.15) is 0 Å². The molecule has 0 aliphatic heterocycles. The van der Waals surface area contributed by atoms with Crippen LogP contribution in [0.4, 0.5) is 0 Å². The van der Waals surface area contributed by atoms with Gasteiger partial charge in [0.25, 0.3) is 5.91 Å². The zero-order valence-electron chi connectivity index (χ0n) is 11.6. The fraction of sp³-hybridized carbons (Fsp3) is 0.467. The summed E-state index contributed by atoms with van der Waals surface area (Å²) in [6, 6.07) is 3.75. The summed E-state index contributed by atoms with van der Waals surface area (Å²) < 4.78 is 0.985. The number of carboxylic acid groups (broad SMARTS) is 1. The van der Waals surface area contributed by atoms with Crippen LogP contribution >= 0.6 is 15.9 Å². The van der Waals surface area contributed by atoms with Crippen LogP contribution in [0.3, 0.4) is 0 Å². The van der Waals surface area contributed by atoms with E-state index in [1.807, 2.05) is 26.0 Å². The summed E-state index contributed by atoms with van der Waals surface area (Å²) in [5.74, 6) is -1.21. The normalized spacial score (nSPS) is 21.8. The first-order valence-electron chi connectivity index (χ1n) is 6.69. The van der Waals surface area contributed by atoms with Crippen LogP contribution in [0.2, 0.25) is 0 Å². The van der Waals surface area contributed by atoms with Gasteiger partial charge < -0.3 is 10.4 Å². The molecule has 1 fully saturated rings. The lowest BCUT2D eigenvalue weighted by Gasteiger charge is -2.14. The molecule has 0 saturated heterocycles. The number of amides is 1. The molecule has 1 saturated carbocycles. The number of carbonyl (C=O) groups excluding carboxylic acids is 1. The van der Waals surface area contributed by atoms with Gasteiger partial charge in [0.05, 0.1) is 5.92 Å². The number of aryl methyl sites for hydroxylation is 2. The van der Waals surface area contributed by atoms with Gasteiger partial charge in [-0.3, -0.25) is 9.59 Å². The molecular formula is C15H18BrNO3. The topological polar surface area (TPSA) is 66.4 Å². The molecule has 1 aliphatic carbocycles. The molecule has 20 heavy (non-hydrogen) atoms. The van der Waals surface area contributed by atoms with Gasteiger partial charge in [-0.1, -0.05) is 15.9 Å². The predicted molar refractivity (Wildman–Crippen MR) is 79.8 cm³/mol.